The normalized spacial score (nSPS) is 12.7. The Morgan fingerprint density at radius 2 is 2.10 bits per heavy atom. The van der Waals surface area contributed by atoms with Gasteiger partial charge in [-0.2, -0.15) is 0 Å². The molecule has 0 radical (unpaired) electrons. The van der Waals surface area contributed by atoms with Gasteiger partial charge < -0.3 is 14.6 Å². The van der Waals surface area contributed by atoms with Crippen LogP contribution in [0, 0.1) is 0 Å². The summed E-state index contributed by atoms with van der Waals surface area (Å²) in [4.78, 5) is 21.0. The Morgan fingerprint density at radius 1 is 1.33 bits per heavy atom. The molecule has 0 aliphatic heterocycles. The number of nitrogens with one attached hydrogen (secondary N) is 1. The van der Waals surface area contributed by atoms with E-state index in [0.29, 0.717) is 22.0 Å². The lowest BCUT2D eigenvalue weighted by Crippen LogP contribution is -2.33. The maximum Gasteiger partial charge on any atom is 0.328 e. The quantitative estimate of drug-likeness (QED) is 0.502. The first kappa shape index (κ1) is 22.3. The Morgan fingerprint density at radius 3 is 2.73 bits per heavy atom. The number of benzene rings is 1. The maximum absolute atomic E-state index is 12.4. The van der Waals surface area contributed by atoms with Crippen molar-refractivity contribution in [3.63, 3.8) is 0 Å². The van der Waals surface area contributed by atoms with Crippen molar-refractivity contribution < 1.29 is 17.9 Å². The molecule has 160 valence electrons. The zero-order valence-corrected chi connectivity index (χ0v) is 18.6. The van der Waals surface area contributed by atoms with E-state index in [9.17, 15) is 13.2 Å². The number of anilines is 1. The summed E-state index contributed by atoms with van der Waals surface area (Å²) in [6.45, 7) is 1.85. The Balaban J connectivity index is 2.06. The van der Waals surface area contributed by atoms with E-state index in [-0.39, 0.29) is 23.8 Å². The molecular weight excluding hydrogens is 451 g/mol. The van der Waals surface area contributed by atoms with Crippen LogP contribution in [-0.2, 0) is 19.4 Å². The molecule has 30 heavy (non-hydrogen) atoms. The van der Waals surface area contributed by atoms with Crippen molar-refractivity contribution in [1.29, 1.82) is 0 Å². The third-order valence-electron chi connectivity index (χ3n) is 4.30. The fraction of sp³-hybridized carbons (Fsp3) is 0.316. The molecule has 3 rings (SSSR count). The first-order valence-corrected chi connectivity index (χ1v) is 11.9. The fourth-order valence-corrected chi connectivity index (χ4v) is 3.93. The van der Waals surface area contributed by atoms with Gasteiger partial charge in [0.2, 0.25) is 0 Å². The third-order valence-corrected chi connectivity index (χ3v) is 6.08. The van der Waals surface area contributed by atoms with Crippen LogP contribution < -0.4 is 5.32 Å². The van der Waals surface area contributed by atoms with Crippen molar-refractivity contribution in [3.8, 4) is 5.69 Å². The van der Waals surface area contributed by atoms with E-state index in [1.54, 1.807) is 48.4 Å². The van der Waals surface area contributed by atoms with Gasteiger partial charge in [-0.3, -0.25) is 0 Å². The molecule has 11 heteroatoms. The summed E-state index contributed by atoms with van der Waals surface area (Å²) in [5.41, 5.74) is 1.15. The highest BCUT2D eigenvalue weighted by Crippen LogP contribution is 2.34. The second-order valence-corrected chi connectivity index (χ2v) is 9.67. The Labute approximate surface area is 184 Å². The van der Waals surface area contributed by atoms with Crippen LogP contribution in [0.2, 0.25) is 10.0 Å². The second kappa shape index (κ2) is 9.20. The molecule has 0 bridgehead atoms. The van der Waals surface area contributed by atoms with Gasteiger partial charge >= 0.3 is 5.97 Å². The number of imidazole rings is 1. The van der Waals surface area contributed by atoms with Crippen LogP contribution in [0.4, 0.5) is 5.82 Å². The van der Waals surface area contributed by atoms with Crippen LogP contribution in [0.3, 0.4) is 0 Å². The van der Waals surface area contributed by atoms with Gasteiger partial charge in [-0.05, 0) is 25.5 Å². The van der Waals surface area contributed by atoms with Crippen LogP contribution in [-0.4, -0.2) is 53.6 Å². The van der Waals surface area contributed by atoms with Gasteiger partial charge in [-0.15, -0.1) is 0 Å². The standard InChI is InChI=1S/C19H20Cl2N4O4S/c1-3-29-19(26)14(6-9-30(2,27)28)23-16-10-15(25-8-7-22-11-25)12-4-5-13(20)17(21)18(12)24-16/h4-5,7-8,10-11,14H,3,6,9H2,1-2H3,(H,23,24). The summed E-state index contributed by atoms with van der Waals surface area (Å²) in [7, 11) is -3.27. The van der Waals surface area contributed by atoms with Gasteiger partial charge in [0.05, 0.1) is 39.9 Å². The largest absolute Gasteiger partial charge is 0.464 e. The number of esters is 1. The van der Waals surface area contributed by atoms with Gasteiger partial charge in [-0.25, -0.2) is 23.2 Å². The number of rotatable bonds is 8. The molecule has 0 saturated heterocycles. The minimum absolute atomic E-state index is 0.0288. The lowest BCUT2D eigenvalue weighted by Gasteiger charge is -2.19. The van der Waals surface area contributed by atoms with Gasteiger partial charge in [0.1, 0.15) is 21.7 Å². The number of aromatic nitrogens is 3. The molecule has 0 amide bonds. The predicted octanol–water partition coefficient (Wildman–Crippen LogP) is 3.51. The number of fused-ring (bicyclic) bond motifs is 1. The molecule has 8 nitrogen and oxygen atoms in total. The number of ether oxygens (including phenoxy) is 1. The summed E-state index contributed by atoms with van der Waals surface area (Å²) in [6.07, 6.45) is 6.15. The average Bonchev–Trinajstić information content (AvgIpc) is 3.22. The first-order valence-electron chi connectivity index (χ1n) is 9.07. The van der Waals surface area contributed by atoms with Crippen LogP contribution in [0.1, 0.15) is 13.3 Å². The van der Waals surface area contributed by atoms with Crippen molar-refractivity contribution in [2.75, 3.05) is 23.9 Å². The number of hydrogen-bond acceptors (Lipinski definition) is 7. The number of halogens is 2. The van der Waals surface area contributed by atoms with E-state index < -0.39 is 21.8 Å². The first-order chi connectivity index (χ1) is 14.2. The van der Waals surface area contributed by atoms with E-state index in [4.69, 9.17) is 27.9 Å². The maximum atomic E-state index is 12.4. The summed E-state index contributed by atoms with van der Waals surface area (Å²) in [5, 5.41) is 4.33. The third kappa shape index (κ3) is 5.21. The van der Waals surface area contributed by atoms with Gasteiger partial charge in [0.25, 0.3) is 0 Å². The molecule has 2 aromatic heterocycles. The van der Waals surface area contributed by atoms with Crippen LogP contribution in [0.5, 0.6) is 0 Å². The summed E-state index contributed by atoms with van der Waals surface area (Å²) < 4.78 is 30.1. The summed E-state index contributed by atoms with van der Waals surface area (Å²) in [6, 6.07) is 4.29. The SMILES string of the molecule is CCOC(=O)C(CCS(C)(=O)=O)Nc1cc(-n2ccnc2)c2ccc(Cl)c(Cl)c2n1. The van der Waals surface area contributed by atoms with E-state index in [0.717, 1.165) is 11.6 Å². The minimum atomic E-state index is -3.27. The van der Waals surface area contributed by atoms with Crippen LogP contribution in [0.15, 0.2) is 36.9 Å². The van der Waals surface area contributed by atoms with Crippen molar-refractivity contribution in [3.05, 3.63) is 47.0 Å². The molecule has 0 fully saturated rings. The smallest absolute Gasteiger partial charge is 0.328 e. The van der Waals surface area contributed by atoms with E-state index in [1.165, 1.54) is 0 Å². The summed E-state index contributed by atoms with van der Waals surface area (Å²) >= 11 is 12.5. The number of carbonyl (C=O) groups is 1. The number of sulfone groups is 1. The molecular formula is C19H20Cl2N4O4S. The molecule has 1 unspecified atom stereocenters. The lowest BCUT2D eigenvalue weighted by molar-refractivity contribution is -0.144. The number of nitrogens with zero attached hydrogens (tertiary/aromatic N) is 3. The number of hydrogen-bond donors (Lipinski definition) is 1. The second-order valence-electron chi connectivity index (χ2n) is 6.62. The highest BCUT2D eigenvalue weighted by molar-refractivity contribution is 7.90. The predicted molar refractivity (Wildman–Crippen MR) is 117 cm³/mol. The van der Waals surface area contributed by atoms with Gasteiger partial charge in [0, 0.05) is 30.1 Å². The Bertz CT molecular complexity index is 1170. The highest BCUT2D eigenvalue weighted by Gasteiger charge is 2.23. The van der Waals surface area contributed by atoms with Crippen molar-refractivity contribution >= 4 is 55.7 Å². The molecule has 0 saturated carbocycles. The summed E-state index contributed by atoms with van der Waals surface area (Å²) in [5.74, 6) is -0.427. The van der Waals surface area contributed by atoms with E-state index in [1.807, 2.05) is 0 Å². The van der Waals surface area contributed by atoms with Crippen molar-refractivity contribution in [2.45, 2.75) is 19.4 Å². The molecule has 3 aromatic rings. The van der Waals surface area contributed by atoms with Gasteiger partial charge in [-0.1, -0.05) is 23.2 Å². The molecule has 0 aliphatic rings. The van der Waals surface area contributed by atoms with Crippen molar-refractivity contribution in [1.82, 2.24) is 14.5 Å². The number of carbonyl (C=O) groups excluding carboxylic acids is 1. The van der Waals surface area contributed by atoms with Gasteiger partial charge in [0.15, 0.2) is 0 Å². The monoisotopic (exact) mass is 470 g/mol. The Hall–Kier alpha value is -2.36. The average molecular weight is 471 g/mol. The molecule has 0 spiro atoms. The zero-order chi connectivity index (χ0) is 21.9. The number of pyridine rings is 1. The molecule has 1 atom stereocenters. The molecule has 1 aromatic carbocycles. The topological polar surface area (TPSA) is 103 Å². The van der Waals surface area contributed by atoms with Crippen LogP contribution in [0.25, 0.3) is 16.6 Å². The van der Waals surface area contributed by atoms with E-state index in [2.05, 4.69) is 15.3 Å². The Kier molecular flexibility index (Phi) is 6.84. The zero-order valence-electron chi connectivity index (χ0n) is 16.3. The molecule has 1 N–H and O–H groups in total. The van der Waals surface area contributed by atoms with Crippen molar-refractivity contribution in [2.24, 2.45) is 0 Å². The minimum Gasteiger partial charge on any atom is -0.464 e. The highest BCUT2D eigenvalue weighted by atomic mass is 35.5. The lowest BCUT2D eigenvalue weighted by atomic mass is 10.1. The van der Waals surface area contributed by atoms with Crippen LogP contribution >= 0.6 is 23.2 Å². The fourth-order valence-electron chi connectivity index (χ4n) is 2.91. The molecule has 0 aliphatic carbocycles. The molecule has 2 heterocycles. The van der Waals surface area contributed by atoms with E-state index >= 15 is 0 Å².